The van der Waals surface area contributed by atoms with Crippen molar-refractivity contribution < 1.29 is 46.8 Å². The molecule has 1 heterocycles. The molecular formula is C25H19F3N2O7. The number of aliphatic carboxylic acids is 1. The number of carbonyl (C=O) groups is 2. The highest BCUT2D eigenvalue weighted by Gasteiger charge is 2.31. The highest BCUT2D eigenvalue weighted by molar-refractivity contribution is 5.81. The number of carboxylic acid groups (broad SMARTS) is 1. The number of halogens is 3. The summed E-state index contributed by atoms with van der Waals surface area (Å²) in [6, 6.07) is 14.7. The topological polar surface area (TPSA) is 128 Å². The van der Waals surface area contributed by atoms with Gasteiger partial charge in [-0.15, -0.1) is 0 Å². The number of hydrogen-bond donors (Lipinski definition) is 1. The van der Waals surface area contributed by atoms with E-state index in [4.69, 9.17) is 19.3 Å². The van der Waals surface area contributed by atoms with Crippen LogP contribution in [0.15, 0.2) is 48.5 Å². The van der Waals surface area contributed by atoms with Crippen molar-refractivity contribution in [3.63, 3.8) is 0 Å². The van der Waals surface area contributed by atoms with Gasteiger partial charge in [-0.05, 0) is 24.6 Å². The van der Waals surface area contributed by atoms with Gasteiger partial charge in [0, 0.05) is 6.07 Å². The molecule has 0 saturated heterocycles. The van der Waals surface area contributed by atoms with Crippen LogP contribution in [0.3, 0.4) is 0 Å². The first-order chi connectivity index (χ1) is 17.7. The van der Waals surface area contributed by atoms with Crippen molar-refractivity contribution in [1.82, 2.24) is 4.98 Å². The Balaban J connectivity index is 1.96. The molecule has 2 aromatic carbocycles. The molecule has 0 aliphatic carbocycles. The lowest BCUT2D eigenvalue weighted by Gasteiger charge is -2.18. The van der Waals surface area contributed by atoms with Crippen molar-refractivity contribution in [2.24, 2.45) is 0 Å². The molecular weight excluding hydrogens is 497 g/mol. The molecule has 0 amide bonds. The van der Waals surface area contributed by atoms with Crippen LogP contribution in [-0.4, -0.2) is 34.7 Å². The maximum atomic E-state index is 15.2. The van der Waals surface area contributed by atoms with E-state index in [-0.39, 0.29) is 30.3 Å². The van der Waals surface area contributed by atoms with E-state index >= 15 is 4.39 Å². The summed E-state index contributed by atoms with van der Waals surface area (Å²) in [4.78, 5) is 26.2. The number of nitriles is 1. The van der Waals surface area contributed by atoms with E-state index in [1.54, 1.807) is 30.3 Å². The third-order valence-corrected chi connectivity index (χ3v) is 4.65. The number of rotatable bonds is 11. The second kappa shape index (κ2) is 12.3. The van der Waals surface area contributed by atoms with E-state index in [9.17, 15) is 23.6 Å². The maximum absolute atomic E-state index is 15.2. The second-order valence-corrected chi connectivity index (χ2v) is 7.27. The zero-order valence-corrected chi connectivity index (χ0v) is 19.2. The number of carbonyl (C=O) groups excluding carboxylic acids is 1. The average Bonchev–Trinajstić information content (AvgIpc) is 2.88. The standard InChI is InChI=1S/C25H19F3N2O7/c1-2-34-25(33)18(11-19(31)32)36-22-20(26)23(28)30-24(21(22)27)37-17-10-15(12-29)8-9-16(17)35-13-14-6-4-3-5-7-14/h3-10,18H,2,11,13H2,1H3,(H,31,32). The monoisotopic (exact) mass is 516 g/mol. The second-order valence-electron chi connectivity index (χ2n) is 7.27. The number of carboxylic acids is 1. The van der Waals surface area contributed by atoms with Gasteiger partial charge in [0.25, 0.3) is 11.8 Å². The summed E-state index contributed by atoms with van der Waals surface area (Å²) in [7, 11) is 0. The largest absolute Gasteiger partial charge is 0.485 e. The summed E-state index contributed by atoms with van der Waals surface area (Å²) >= 11 is 0. The van der Waals surface area contributed by atoms with Crippen LogP contribution in [0.4, 0.5) is 13.2 Å². The van der Waals surface area contributed by atoms with Gasteiger partial charge in [-0.25, -0.2) is 4.79 Å². The van der Waals surface area contributed by atoms with Gasteiger partial charge in [0.05, 0.1) is 24.7 Å². The number of esters is 1. The summed E-state index contributed by atoms with van der Waals surface area (Å²) in [5.74, 6) is -11.0. The number of nitrogens with zero attached hydrogens (tertiary/aromatic N) is 2. The van der Waals surface area contributed by atoms with Gasteiger partial charge in [0.1, 0.15) is 6.61 Å². The predicted octanol–water partition coefficient (Wildman–Crippen LogP) is 4.53. The third kappa shape index (κ3) is 6.88. The van der Waals surface area contributed by atoms with Crippen molar-refractivity contribution in [2.75, 3.05) is 6.61 Å². The Bertz CT molecular complexity index is 1330. The molecule has 0 bridgehead atoms. The van der Waals surface area contributed by atoms with Gasteiger partial charge >= 0.3 is 11.9 Å². The molecule has 37 heavy (non-hydrogen) atoms. The molecule has 0 fully saturated rings. The fraction of sp³-hybridized carbons (Fsp3) is 0.200. The third-order valence-electron chi connectivity index (χ3n) is 4.65. The van der Waals surface area contributed by atoms with E-state index in [0.29, 0.717) is 0 Å². The predicted molar refractivity (Wildman–Crippen MR) is 119 cm³/mol. The molecule has 0 spiro atoms. The van der Waals surface area contributed by atoms with Gasteiger partial charge in [0.15, 0.2) is 11.5 Å². The fourth-order valence-electron chi connectivity index (χ4n) is 2.97. The van der Waals surface area contributed by atoms with E-state index in [0.717, 1.165) is 11.6 Å². The lowest BCUT2D eigenvalue weighted by molar-refractivity contribution is -0.156. The van der Waals surface area contributed by atoms with Crippen molar-refractivity contribution in [2.45, 2.75) is 26.1 Å². The van der Waals surface area contributed by atoms with Gasteiger partial charge < -0.3 is 24.1 Å². The first kappa shape index (κ1) is 26.8. The molecule has 1 unspecified atom stereocenters. The van der Waals surface area contributed by atoms with Crippen LogP contribution >= 0.6 is 0 Å². The van der Waals surface area contributed by atoms with Crippen LogP contribution in [0.25, 0.3) is 0 Å². The van der Waals surface area contributed by atoms with E-state index < -0.39 is 53.7 Å². The normalized spacial score (nSPS) is 11.2. The van der Waals surface area contributed by atoms with Crippen LogP contribution in [0.5, 0.6) is 23.1 Å². The maximum Gasteiger partial charge on any atom is 0.347 e. The number of benzene rings is 2. The number of aromatic nitrogens is 1. The molecule has 1 aromatic heterocycles. The molecule has 12 heteroatoms. The van der Waals surface area contributed by atoms with Crippen LogP contribution in [0.2, 0.25) is 0 Å². The van der Waals surface area contributed by atoms with Crippen molar-refractivity contribution in [3.05, 3.63) is 77.2 Å². The molecule has 1 N–H and O–H groups in total. The zero-order valence-electron chi connectivity index (χ0n) is 19.2. The minimum atomic E-state index is -2.00. The molecule has 0 aliphatic rings. The van der Waals surface area contributed by atoms with Crippen LogP contribution in [-0.2, 0) is 20.9 Å². The SMILES string of the molecule is CCOC(=O)C(CC(=O)O)Oc1c(F)c(F)nc(Oc2cc(C#N)ccc2OCc2ccccc2)c1F. The van der Waals surface area contributed by atoms with Crippen LogP contribution in [0.1, 0.15) is 24.5 Å². The van der Waals surface area contributed by atoms with Crippen molar-refractivity contribution in [3.8, 4) is 29.2 Å². The molecule has 1 atom stereocenters. The summed E-state index contributed by atoms with van der Waals surface area (Å²) in [5, 5.41) is 18.2. The van der Waals surface area contributed by atoms with Crippen LogP contribution in [0, 0.1) is 28.9 Å². The Kier molecular flexibility index (Phi) is 8.88. The number of ether oxygens (including phenoxy) is 4. The lowest BCUT2D eigenvalue weighted by Crippen LogP contribution is -2.32. The van der Waals surface area contributed by atoms with E-state index in [1.807, 2.05) is 6.07 Å². The molecule has 3 aromatic rings. The van der Waals surface area contributed by atoms with Gasteiger partial charge in [-0.1, -0.05) is 30.3 Å². The minimum absolute atomic E-state index is 0.0199. The van der Waals surface area contributed by atoms with E-state index in [2.05, 4.69) is 9.72 Å². The molecule has 9 nitrogen and oxygen atoms in total. The highest BCUT2D eigenvalue weighted by Crippen LogP contribution is 2.37. The Hall–Kier alpha value is -4.79. The number of hydrogen-bond acceptors (Lipinski definition) is 8. The smallest absolute Gasteiger partial charge is 0.347 e. The van der Waals surface area contributed by atoms with Gasteiger partial charge in [0.2, 0.25) is 23.5 Å². The summed E-state index contributed by atoms with van der Waals surface area (Å²) in [5.41, 5.74) is 0.847. The lowest BCUT2D eigenvalue weighted by atomic mass is 10.2. The molecule has 3 rings (SSSR count). The first-order valence-electron chi connectivity index (χ1n) is 10.7. The van der Waals surface area contributed by atoms with E-state index in [1.165, 1.54) is 19.1 Å². The van der Waals surface area contributed by atoms with Gasteiger partial charge in [-0.3, -0.25) is 4.79 Å². The Morgan fingerprint density at radius 1 is 1.08 bits per heavy atom. The molecule has 0 radical (unpaired) electrons. The summed E-state index contributed by atoms with van der Waals surface area (Å²) in [6.45, 7) is 1.30. The fourth-order valence-corrected chi connectivity index (χ4v) is 2.97. The Labute approximate surface area is 208 Å². The van der Waals surface area contributed by atoms with Gasteiger partial charge in [-0.2, -0.15) is 23.4 Å². The first-order valence-corrected chi connectivity index (χ1v) is 10.7. The average molecular weight is 516 g/mol. The number of pyridine rings is 1. The van der Waals surface area contributed by atoms with Crippen molar-refractivity contribution >= 4 is 11.9 Å². The zero-order chi connectivity index (χ0) is 26.9. The van der Waals surface area contributed by atoms with Crippen LogP contribution < -0.4 is 14.2 Å². The quantitative estimate of drug-likeness (QED) is 0.289. The summed E-state index contributed by atoms with van der Waals surface area (Å²) < 4.78 is 64.4. The Morgan fingerprint density at radius 2 is 1.81 bits per heavy atom. The minimum Gasteiger partial charge on any atom is -0.485 e. The van der Waals surface area contributed by atoms with Crippen molar-refractivity contribution in [1.29, 1.82) is 5.26 Å². The Morgan fingerprint density at radius 3 is 2.46 bits per heavy atom. The summed E-state index contributed by atoms with van der Waals surface area (Å²) in [6.07, 6.45) is -3.03. The highest BCUT2D eigenvalue weighted by atomic mass is 19.2. The molecule has 192 valence electrons. The molecule has 0 aliphatic heterocycles. The molecule has 0 saturated carbocycles.